The second kappa shape index (κ2) is 3.92. The summed E-state index contributed by atoms with van der Waals surface area (Å²) in [4.78, 5) is 15.2. The minimum absolute atomic E-state index is 0.149. The van der Waals surface area contributed by atoms with Crippen LogP contribution in [0.2, 0.25) is 0 Å². The average molecular weight is 193 g/mol. The average Bonchev–Trinajstić information content (AvgIpc) is 2.64. The number of hydrogen-bond acceptors (Lipinski definition) is 3. The van der Waals surface area contributed by atoms with Crippen LogP contribution in [0.15, 0.2) is 17.2 Å². The van der Waals surface area contributed by atoms with Crippen molar-refractivity contribution in [3.05, 3.63) is 28.4 Å². The molecule has 0 bridgehead atoms. The number of aryl methyl sites for hydroxylation is 1. The largest absolute Gasteiger partial charge is 0.347 e. The predicted octanol–water partition coefficient (Wildman–Crippen LogP) is 0.304. The van der Waals surface area contributed by atoms with Crippen molar-refractivity contribution in [2.24, 2.45) is 0 Å². The molecule has 2 rings (SSSR count). The normalized spacial score (nSPS) is 21.4. The van der Waals surface area contributed by atoms with E-state index < -0.39 is 0 Å². The highest BCUT2D eigenvalue weighted by Crippen LogP contribution is 2.06. The van der Waals surface area contributed by atoms with Gasteiger partial charge in [0.25, 0.3) is 0 Å². The summed E-state index contributed by atoms with van der Waals surface area (Å²) in [5.74, 6) is 0. The van der Waals surface area contributed by atoms with Gasteiger partial charge in [-0.05, 0) is 31.9 Å². The number of nitrogens with one attached hydrogen (secondary N) is 1. The Morgan fingerprint density at radius 1 is 1.71 bits per heavy atom. The molecule has 1 N–H and O–H groups in total. The van der Waals surface area contributed by atoms with Crippen molar-refractivity contribution in [1.82, 2.24) is 14.9 Å². The molecule has 1 aromatic heterocycles. The van der Waals surface area contributed by atoms with Gasteiger partial charge in [-0.25, -0.2) is 9.78 Å². The quantitative estimate of drug-likeness (QED) is 0.735. The fraction of sp³-hybridized carbons (Fsp3) is 0.600. The van der Waals surface area contributed by atoms with Crippen molar-refractivity contribution in [3.8, 4) is 0 Å². The molecule has 1 saturated heterocycles. The molecule has 1 aliphatic heterocycles. The Morgan fingerprint density at radius 3 is 3.29 bits per heavy atom. The van der Waals surface area contributed by atoms with Crippen molar-refractivity contribution in [2.45, 2.75) is 32.4 Å². The lowest BCUT2D eigenvalue weighted by atomic mass is 10.2. The first-order chi connectivity index (χ1) is 6.75. The molecule has 0 spiro atoms. The zero-order chi connectivity index (χ0) is 9.97. The minimum atomic E-state index is -0.149. The second-order valence-electron chi connectivity index (χ2n) is 3.86. The molecule has 1 atom stereocenters. The van der Waals surface area contributed by atoms with Crippen molar-refractivity contribution < 1.29 is 0 Å². The minimum Gasteiger partial charge on any atom is -0.312 e. The fourth-order valence-electron chi connectivity index (χ4n) is 1.85. The maximum Gasteiger partial charge on any atom is 0.347 e. The summed E-state index contributed by atoms with van der Waals surface area (Å²) in [6.45, 7) is 3.76. The first-order valence-electron chi connectivity index (χ1n) is 5.02. The SMILES string of the molecule is Cc1cnc(=O)n(C[C@H]2CCCN2)c1. The van der Waals surface area contributed by atoms with Gasteiger partial charge in [0, 0.05) is 25.0 Å². The maximum atomic E-state index is 11.4. The van der Waals surface area contributed by atoms with Gasteiger partial charge in [0.15, 0.2) is 0 Å². The van der Waals surface area contributed by atoms with E-state index in [4.69, 9.17) is 0 Å². The number of rotatable bonds is 2. The van der Waals surface area contributed by atoms with Gasteiger partial charge < -0.3 is 5.32 Å². The highest BCUT2D eigenvalue weighted by Gasteiger charge is 2.14. The summed E-state index contributed by atoms with van der Waals surface area (Å²) in [7, 11) is 0. The van der Waals surface area contributed by atoms with E-state index in [0.717, 1.165) is 25.1 Å². The van der Waals surface area contributed by atoms with Crippen molar-refractivity contribution in [2.75, 3.05) is 6.54 Å². The van der Waals surface area contributed by atoms with E-state index in [2.05, 4.69) is 10.3 Å². The van der Waals surface area contributed by atoms with E-state index in [1.54, 1.807) is 10.8 Å². The first-order valence-corrected chi connectivity index (χ1v) is 5.02. The third-order valence-electron chi connectivity index (χ3n) is 2.56. The molecule has 1 fully saturated rings. The standard InChI is InChI=1S/C10H15N3O/c1-8-5-12-10(14)13(6-8)7-9-3-2-4-11-9/h5-6,9,11H,2-4,7H2,1H3/t9-/m1/s1. The van der Waals surface area contributed by atoms with E-state index in [0.29, 0.717) is 6.04 Å². The molecule has 0 aliphatic carbocycles. The summed E-state index contributed by atoms with van der Waals surface area (Å²) >= 11 is 0. The summed E-state index contributed by atoms with van der Waals surface area (Å²) < 4.78 is 1.69. The Bertz CT molecular complexity index is 366. The smallest absolute Gasteiger partial charge is 0.312 e. The summed E-state index contributed by atoms with van der Waals surface area (Å²) in [6.07, 6.45) is 5.84. The van der Waals surface area contributed by atoms with Crippen LogP contribution in [0.3, 0.4) is 0 Å². The molecule has 2 heterocycles. The second-order valence-corrected chi connectivity index (χ2v) is 3.86. The molecule has 0 aromatic carbocycles. The molecule has 0 unspecified atom stereocenters. The predicted molar refractivity (Wildman–Crippen MR) is 54.3 cm³/mol. The summed E-state index contributed by atoms with van der Waals surface area (Å²) in [5.41, 5.74) is 0.881. The van der Waals surface area contributed by atoms with Crippen molar-refractivity contribution >= 4 is 0 Å². The Balaban J connectivity index is 2.15. The zero-order valence-corrected chi connectivity index (χ0v) is 8.36. The molecule has 0 radical (unpaired) electrons. The molecule has 0 saturated carbocycles. The Hall–Kier alpha value is -1.16. The summed E-state index contributed by atoms with van der Waals surface area (Å²) in [5, 5.41) is 3.36. The van der Waals surface area contributed by atoms with Crippen LogP contribution >= 0.6 is 0 Å². The van der Waals surface area contributed by atoms with Crippen LogP contribution in [0, 0.1) is 6.92 Å². The molecular weight excluding hydrogens is 178 g/mol. The Kier molecular flexibility index (Phi) is 2.63. The van der Waals surface area contributed by atoms with Gasteiger partial charge >= 0.3 is 5.69 Å². The van der Waals surface area contributed by atoms with Crippen LogP contribution in [0.5, 0.6) is 0 Å². The lowest BCUT2D eigenvalue weighted by Gasteiger charge is -2.11. The van der Waals surface area contributed by atoms with Gasteiger partial charge in [-0.3, -0.25) is 4.57 Å². The van der Waals surface area contributed by atoms with Crippen LogP contribution in [0.4, 0.5) is 0 Å². The fourth-order valence-corrected chi connectivity index (χ4v) is 1.85. The Labute approximate surface area is 83.0 Å². The van der Waals surface area contributed by atoms with E-state index >= 15 is 0 Å². The molecule has 0 amide bonds. The third kappa shape index (κ3) is 2.01. The first kappa shape index (κ1) is 9.40. The summed E-state index contributed by atoms with van der Waals surface area (Å²) in [6, 6.07) is 0.441. The topological polar surface area (TPSA) is 46.9 Å². The number of nitrogens with zero attached hydrogens (tertiary/aromatic N) is 2. The molecule has 4 nitrogen and oxygen atoms in total. The van der Waals surface area contributed by atoms with Crippen LogP contribution in [0.1, 0.15) is 18.4 Å². The van der Waals surface area contributed by atoms with Gasteiger partial charge in [-0.1, -0.05) is 0 Å². The van der Waals surface area contributed by atoms with Gasteiger partial charge in [0.1, 0.15) is 0 Å². The third-order valence-corrected chi connectivity index (χ3v) is 2.56. The van der Waals surface area contributed by atoms with Crippen LogP contribution in [0.25, 0.3) is 0 Å². The highest BCUT2D eigenvalue weighted by molar-refractivity contribution is 5.00. The lowest BCUT2D eigenvalue weighted by molar-refractivity contribution is 0.492. The molecule has 14 heavy (non-hydrogen) atoms. The molecule has 1 aromatic rings. The van der Waals surface area contributed by atoms with Crippen LogP contribution < -0.4 is 11.0 Å². The van der Waals surface area contributed by atoms with Gasteiger partial charge in [-0.15, -0.1) is 0 Å². The molecular formula is C10H15N3O. The lowest BCUT2D eigenvalue weighted by Crippen LogP contribution is -2.33. The number of hydrogen-bond donors (Lipinski definition) is 1. The van der Waals surface area contributed by atoms with E-state index in [1.807, 2.05) is 13.1 Å². The maximum absolute atomic E-state index is 11.4. The van der Waals surface area contributed by atoms with Crippen LogP contribution in [-0.2, 0) is 6.54 Å². The van der Waals surface area contributed by atoms with Crippen LogP contribution in [-0.4, -0.2) is 22.1 Å². The number of aromatic nitrogens is 2. The Morgan fingerprint density at radius 2 is 2.57 bits per heavy atom. The highest BCUT2D eigenvalue weighted by atomic mass is 16.1. The van der Waals surface area contributed by atoms with E-state index in [-0.39, 0.29) is 5.69 Å². The van der Waals surface area contributed by atoms with Gasteiger partial charge in [0.05, 0.1) is 0 Å². The van der Waals surface area contributed by atoms with Crippen molar-refractivity contribution in [3.63, 3.8) is 0 Å². The van der Waals surface area contributed by atoms with Crippen molar-refractivity contribution in [1.29, 1.82) is 0 Å². The van der Waals surface area contributed by atoms with Gasteiger partial charge in [0.2, 0.25) is 0 Å². The molecule has 1 aliphatic rings. The molecule has 76 valence electrons. The van der Waals surface area contributed by atoms with E-state index in [9.17, 15) is 4.79 Å². The zero-order valence-electron chi connectivity index (χ0n) is 8.36. The molecule has 4 heteroatoms. The van der Waals surface area contributed by atoms with Gasteiger partial charge in [-0.2, -0.15) is 0 Å². The monoisotopic (exact) mass is 193 g/mol. The van der Waals surface area contributed by atoms with E-state index in [1.165, 1.54) is 6.42 Å².